The number of nitrogens with one attached hydrogen (secondary N) is 1. The number of para-hydroxylation sites is 1. The van der Waals surface area contributed by atoms with Gasteiger partial charge >= 0.3 is 0 Å². The molecule has 0 saturated carbocycles. The fraction of sp³-hybridized carbons (Fsp3) is 0.435. The first-order valence-electron chi connectivity index (χ1n) is 9.97. The van der Waals surface area contributed by atoms with Gasteiger partial charge in [0, 0.05) is 11.7 Å². The van der Waals surface area contributed by atoms with E-state index in [0.29, 0.717) is 0 Å². The Morgan fingerprint density at radius 1 is 1.07 bits per heavy atom. The van der Waals surface area contributed by atoms with Crippen LogP contribution >= 0.6 is 0 Å². The molecule has 144 valence electrons. The van der Waals surface area contributed by atoms with Crippen LogP contribution in [0, 0.1) is 0 Å². The first kappa shape index (κ1) is 19.3. The van der Waals surface area contributed by atoms with Crippen molar-refractivity contribution in [2.24, 2.45) is 0 Å². The third-order valence-corrected chi connectivity index (χ3v) is 5.26. The molecule has 0 aliphatic carbocycles. The monoisotopic (exact) mass is 366 g/mol. The predicted molar refractivity (Wildman–Crippen MR) is 110 cm³/mol. The minimum Gasteiger partial charge on any atom is -0.494 e. The van der Waals surface area contributed by atoms with E-state index in [9.17, 15) is 4.79 Å². The summed E-state index contributed by atoms with van der Waals surface area (Å²) in [4.78, 5) is 15.3. The van der Waals surface area contributed by atoms with Crippen LogP contribution in [0.5, 0.6) is 5.75 Å². The number of amides is 1. The summed E-state index contributed by atoms with van der Waals surface area (Å²) in [7, 11) is 0. The third-order valence-electron chi connectivity index (χ3n) is 5.26. The molecule has 0 bridgehead atoms. The predicted octanol–water partition coefficient (Wildman–Crippen LogP) is 5.40. The number of rotatable bonds is 7. The van der Waals surface area contributed by atoms with Gasteiger partial charge in [0.25, 0.3) is 5.91 Å². The van der Waals surface area contributed by atoms with Gasteiger partial charge in [-0.05, 0) is 56.5 Å². The Morgan fingerprint density at radius 3 is 2.41 bits per heavy atom. The largest absolute Gasteiger partial charge is 0.494 e. The van der Waals surface area contributed by atoms with Gasteiger partial charge in [0.05, 0.1) is 12.2 Å². The maximum Gasteiger partial charge on any atom is 0.258 e. The van der Waals surface area contributed by atoms with Crippen molar-refractivity contribution in [2.45, 2.75) is 58.7 Å². The van der Waals surface area contributed by atoms with Crippen molar-refractivity contribution in [2.75, 3.05) is 11.9 Å². The lowest BCUT2D eigenvalue weighted by atomic mass is 9.88. The molecule has 0 aromatic heterocycles. The van der Waals surface area contributed by atoms with Gasteiger partial charge < -0.3 is 15.0 Å². The first-order chi connectivity index (χ1) is 13.0. The fourth-order valence-electron chi connectivity index (χ4n) is 3.88. The topological polar surface area (TPSA) is 41.6 Å². The zero-order valence-corrected chi connectivity index (χ0v) is 16.8. The molecule has 0 spiro atoms. The molecule has 4 heteroatoms. The van der Waals surface area contributed by atoms with Gasteiger partial charge in [0.15, 0.2) is 0 Å². The van der Waals surface area contributed by atoms with Crippen LogP contribution < -0.4 is 10.1 Å². The molecule has 3 rings (SSSR count). The maximum absolute atomic E-state index is 13.3. The fourth-order valence-corrected chi connectivity index (χ4v) is 3.88. The van der Waals surface area contributed by atoms with Gasteiger partial charge in [-0.1, -0.05) is 44.5 Å². The highest BCUT2D eigenvalue weighted by molar-refractivity contribution is 6.02. The maximum atomic E-state index is 13.3. The molecule has 0 radical (unpaired) electrons. The van der Waals surface area contributed by atoms with Crippen molar-refractivity contribution >= 4 is 11.6 Å². The molecule has 4 nitrogen and oxygen atoms in total. The summed E-state index contributed by atoms with van der Waals surface area (Å²) in [5.74, 6) is 0.946. The number of carbonyl (C=O) groups excluding carboxylic acids is 1. The summed E-state index contributed by atoms with van der Waals surface area (Å²) in [6.45, 7) is 9.15. The van der Waals surface area contributed by atoms with Crippen LogP contribution in [0.25, 0.3) is 0 Å². The van der Waals surface area contributed by atoms with Gasteiger partial charge in [-0.15, -0.1) is 0 Å². The van der Waals surface area contributed by atoms with Crippen LogP contribution in [-0.4, -0.2) is 23.5 Å². The third kappa shape index (κ3) is 3.53. The highest BCUT2D eigenvalue weighted by atomic mass is 16.5. The second kappa shape index (κ2) is 8.03. The van der Waals surface area contributed by atoms with Gasteiger partial charge in [-0.25, -0.2) is 0 Å². The molecule has 2 aromatic rings. The van der Waals surface area contributed by atoms with Crippen LogP contribution in [0.1, 0.15) is 62.9 Å². The van der Waals surface area contributed by atoms with E-state index in [-0.39, 0.29) is 11.9 Å². The molecule has 0 fully saturated rings. The molecule has 2 aromatic carbocycles. The number of carbonyl (C=O) groups is 1. The number of benzene rings is 2. The molecule has 0 saturated heterocycles. The highest BCUT2D eigenvalue weighted by Gasteiger charge is 2.45. The average Bonchev–Trinajstić information content (AvgIpc) is 2.68. The molecule has 27 heavy (non-hydrogen) atoms. The number of ether oxygens (including phenoxy) is 1. The smallest absolute Gasteiger partial charge is 0.258 e. The van der Waals surface area contributed by atoms with Crippen molar-refractivity contribution in [3.8, 4) is 5.75 Å². The number of unbranched alkanes of at least 4 members (excludes halogenated alkanes) is 1. The molecule has 1 aliphatic rings. The van der Waals surface area contributed by atoms with Crippen LogP contribution in [0.3, 0.4) is 0 Å². The highest BCUT2D eigenvalue weighted by Crippen LogP contribution is 2.41. The van der Waals surface area contributed by atoms with Crippen molar-refractivity contribution in [3.63, 3.8) is 0 Å². The Balaban J connectivity index is 2.00. The lowest BCUT2D eigenvalue weighted by Gasteiger charge is -2.50. The van der Waals surface area contributed by atoms with Crippen molar-refractivity contribution < 1.29 is 9.53 Å². The number of fused-ring (bicyclic) bond motifs is 1. The van der Waals surface area contributed by atoms with Crippen LogP contribution in [0.15, 0.2) is 48.5 Å². The van der Waals surface area contributed by atoms with Crippen molar-refractivity contribution in [1.82, 2.24) is 4.90 Å². The van der Waals surface area contributed by atoms with E-state index in [1.807, 2.05) is 41.3 Å². The molecule has 1 aliphatic heterocycles. The molecule has 1 heterocycles. The summed E-state index contributed by atoms with van der Waals surface area (Å²) in [6.07, 6.45) is 2.93. The minimum atomic E-state index is -0.568. The van der Waals surface area contributed by atoms with Crippen LogP contribution in [-0.2, 0) is 5.66 Å². The van der Waals surface area contributed by atoms with E-state index >= 15 is 0 Å². The second-order valence-corrected chi connectivity index (χ2v) is 7.38. The Labute approximate surface area is 162 Å². The van der Waals surface area contributed by atoms with E-state index in [2.05, 4.69) is 45.1 Å². The number of hydrogen-bond acceptors (Lipinski definition) is 3. The second-order valence-electron chi connectivity index (χ2n) is 7.38. The van der Waals surface area contributed by atoms with E-state index in [1.54, 1.807) is 0 Å². The zero-order valence-electron chi connectivity index (χ0n) is 16.8. The molecule has 1 amide bonds. The van der Waals surface area contributed by atoms with Gasteiger partial charge in [-0.2, -0.15) is 0 Å². The number of nitrogens with zero attached hydrogens (tertiary/aromatic N) is 1. The normalized spacial score (nSPS) is 19.0. The van der Waals surface area contributed by atoms with E-state index in [4.69, 9.17) is 4.74 Å². The SMILES string of the molecule is CCCCOc1ccc(C2(CC)Nc3ccccc3C(=O)N2C(C)C)cc1. The summed E-state index contributed by atoms with van der Waals surface area (Å²) < 4.78 is 5.81. The summed E-state index contributed by atoms with van der Waals surface area (Å²) in [5, 5.41) is 3.67. The summed E-state index contributed by atoms with van der Waals surface area (Å²) in [6, 6.07) is 16.0. The molecule has 1 N–H and O–H groups in total. The zero-order chi connectivity index (χ0) is 19.4. The van der Waals surface area contributed by atoms with Crippen LogP contribution in [0.4, 0.5) is 5.69 Å². The Bertz CT molecular complexity index is 785. The first-order valence-corrected chi connectivity index (χ1v) is 9.97. The number of hydrogen-bond donors (Lipinski definition) is 1. The Morgan fingerprint density at radius 2 is 1.78 bits per heavy atom. The Kier molecular flexibility index (Phi) is 5.73. The van der Waals surface area contributed by atoms with Gasteiger partial charge in [0.2, 0.25) is 0 Å². The van der Waals surface area contributed by atoms with Crippen molar-refractivity contribution in [3.05, 3.63) is 59.7 Å². The summed E-state index contributed by atoms with van der Waals surface area (Å²) in [5.41, 5.74) is 2.13. The van der Waals surface area contributed by atoms with Crippen LogP contribution in [0.2, 0.25) is 0 Å². The average molecular weight is 367 g/mol. The van der Waals surface area contributed by atoms with E-state index in [0.717, 1.165) is 48.4 Å². The standard InChI is InChI=1S/C23H30N2O2/c1-5-7-16-27-19-14-12-18(13-15-19)23(6-2)24-21-11-9-8-10-20(21)22(26)25(23)17(3)4/h8-15,17,24H,5-7,16H2,1-4H3. The van der Waals surface area contributed by atoms with Crippen molar-refractivity contribution in [1.29, 1.82) is 0 Å². The van der Waals surface area contributed by atoms with Gasteiger partial charge in [-0.3, -0.25) is 4.79 Å². The quantitative estimate of drug-likeness (QED) is 0.667. The van der Waals surface area contributed by atoms with E-state index in [1.165, 1.54) is 0 Å². The molecule has 1 unspecified atom stereocenters. The lowest BCUT2D eigenvalue weighted by molar-refractivity contribution is 0.0371. The molecular weight excluding hydrogens is 336 g/mol. The molecule has 1 atom stereocenters. The van der Waals surface area contributed by atoms with Gasteiger partial charge in [0.1, 0.15) is 11.4 Å². The summed E-state index contributed by atoms with van der Waals surface area (Å²) >= 11 is 0. The minimum absolute atomic E-state index is 0.0683. The molecular formula is C23H30N2O2. The number of anilines is 1. The lowest BCUT2D eigenvalue weighted by Crippen LogP contribution is -2.59. The Hall–Kier alpha value is -2.49. The van der Waals surface area contributed by atoms with E-state index < -0.39 is 5.66 Å².